The van der Waals surface area contributed by atoms with E-state index >= 15 is 0 Å². The Labute approximate surface area is 311 Å². The molecule has 270 valence electrons. The fraction of sp³-hybridized carbons (Fsp3) is 0.463. The SMILES string of the molecule is C\N=C(/C=C/C=C/C=C/C=C1/N(CCCCCC(=O)N[C@@H]2CO[C@H](CO)[C@@H](O)[C@@H]2O)c2ccccc2C1(C)C)C(C)(C)c1cc(C)ccc1I. The Morgan fingerprint density at radius 2 is 1.78 bits per heavy atom. The number of allylic oxidation sites excluding steroid dienone is 8. The summed E-state index contributed by atoms with van der Waals surface area (Å²) in [6, 6.07) is 14.4. The van der Waals surface area contributed by atoms with E-state index in [4.69, 9.17) is 4.74 Å². The molecule has 1 amide bonds. The van der Waals surface area contributed by atoms with E-state index in [-0.39, 0.29) is 30.0 Å². The van der Waals surface area contributed by atoms with Gasteiger partial charge in [-0.3, -0.25) is 9.79 Å². The summed E-state index contributed by atoms with van der Waals surface area (Å²) in [5.74, 6) is -0.184. The average molecular weight is 796 g/mol. The van der Waals surface area contributed by atoms with Crippen LogP contribution in [0, 0.1) is 10.5 Å². The second kappa shape index (κ2) is 17.9. The number of hydrogen-bond donors (Lipinski definition) is 4. The molecule has 1 saturated heterocycles. The third-order valence-corrected chi connectivity index (χ3v) is 10.8. The highest BCUT2D eigenvalue weighted by Crippen LogP contribution is 2.47. The summed E-state index contributed by atoms with van der Waals surface area (Å²) in [6.07, 6.45) is 14.1. The number of nitrogens with one attached hydrogen (secondary N) is 1. The molecule has 4 atom stereocenters. The Morgan fingerprint density at radius 1 is 1.06 bits per heavy atom. The molecule has 0 aromatic heterocycles. The molecule has 0 spiro atoms. The molecule has 2 aliphatic rings. The smallest absolute Gasteiger partial charge is 0.220 e. The lowest BCUT2D eigenvalue weighted by Crippen LogP contribution is -2.59. The van der Waals surface area contributed by atoms with E-state index in [1.165, 1.54) is 31.6 Å². The van der Waals surface area contributed by atoms with Crippen molar-refractivity contribution in [2.75, 3.05) is 31.7 Å². The van der Waals surface area contributed by atoms with Crippen molar-refractivity contribution in [2.45, 2.75) is 95.5 Å². The van der Waals surface area contributed by atoms with Gasteiger partial charge in [-0.2, -0.15) is 0 Å². The summed E-state index contributed by atoms with van der Waals surface area (Å²) >= 11 is 2.41. The van der Waals surface area contributed by atoms with Gasteiger partial charge in [-0.25, -0.2) is 0 Å². The maximum Gasteiger partial charge on any atom is 0.220 e. The van der Waals surface area contributed by atoms with Crippen LogP contribution in [0.15, 0.2) is 95.7 Å². The number of anilines is 1. The predicted molar refractivity (Wildman–Crippen MR) is 212 cm³/mol. The van der Waals surface area contributed by atoms with Crippen molar-refractivity contribution in [3.05, 3.63) is 111 Å². The largest absolute Gasteiger partial charge is 0.394 e. The zero-order valence-electron chi connectivity index (χ0n) is 30.3. The van der Waals surface area contributed by atoms with Crippen molar-refractivity contribution in [1.82, 2.24) is 5.32 Å². The molecular weight excluding hydrogens is 741 g/mol. The Morgan fingerprint density at radius 3 is 2.52 bits per heavy atom. The minimum absolute atomic E-state index is 0.0520. The molecule has 0 saturated carbocycles. The van der Waals surface area contributed by atoms with E-state index in [2.05, 4.69) is 139 Å². The lowest BCUT2D eigenvalue weighted by atomic mass is 9.79. The Balaban J connectivity index is 1.33. The summed E-state index contributed by atoms with van der Waals surface area (Å²) in [5, 5.41) is 32.4. The van der Waals surface area contributed by atoms with Gasteiger partial charge in [0.1, 0.15) is 18.3 Å². The molecule has 2 aromatic rings. The van der Waals surface area contributed by atoms with Crippen molar-refractivity contribution < 1.29 is 24.9 Å². The number of aliphatic hydroxyl groups is 3. The van der Waals surface area contributed by atoms with E-state index in [0.717, 1.165) is 25.1 Å². The second-order valence-corrected chi connectivity index (χ2v) is 15.4. The second-order valence-electron chi connectivity index (χ2n) is 14.2. The average Bonchev–Trinajstić information content (AvgIpc) is 3.30. The van der Waals surface area contributed by atoms with Crippen LogP contribution in [-0.2, 0) is 20.4 Å². The van der Waals surface area contributed by atoms with Gasteiger partial charge in [-0.1, -0.05) is 100 Å². The molecule has 0 unspecified atom stereocenters. The van der Waals surface area contributed by atoms with Gasteiger partial charge in [0.2, 0.25) is 5.91 Å². The van der Waals surface area contributed by atoms with Gasteiger partial charge in [0, 0.05) is 51.5 Å². The topological polar surface area (TPSA) is 115 Å². The minimum Gasteiger partial charge on any atom is -0.394 e. The number of halogens is 1. The van der Waals surface area contributed by atoms with Gasteiger partial charge < -0.3 is 30.3 Å². The molecule has 0 aliphatic carbocycles. The first kappa shape index (κ1) is 39.7. The number of aryl methyl sites for hydroxylation is 1. The standard InChI is InChI=1S/C41H54IN3O5/c1-28-22-23-31(42)30(25-28)40(2,3)35(43-6)19-11-8-7-9-12-20-36-41(4,5)29-17-14-15-18-33(29)45(36)24-16-10-13-21-37(47)44-32-27-50-34(26-46)39(49)38(32)48/h7-9,11-12,14-15,17-20,22-23,25,32,34,38-39,46,48-49H,10,13,16,21,24,26-27H2,1-6H3,(H,44,47)/b8-7+,12-9+,19-11+,36-20+,43-35+/t32-,34-,38-,39-/m1/s1. The van der Waals surface area contributed by atoms with Gasteiger partial charge in [0.25, 0.3) is 0 Å². The predicted octanol–water partition coefficient (Wildman–Crippen LogP) is 6.46. The zero-order chi connectivity index (χ0) is 36.5. The van der Waals surface area contributed by atoms with Crippen molar-refractivity contribution >= 4 is 39.9 Å². The Bertz CT molecular complexity index is 1630. The van der Waals surface area contributed by atoms with E-state index in [0.29, 0.717) is 12.8 Å². The maximum atomic E-state index is 12.6. The monoisotopic (exact) mass is 795 g/mol. The highest BCUT2D eigenvalue weighted by Gasteiger charge is 2.40. The maximum absolute atomic E-state index is 12.6. The van der Waals surface area contributed by atoms with Crippen molar-refractivity contribution in [3.63, 3.8) is 0 Å². The number of fused-ring (bicyclic) bond motifs is 1. The molecule has 1 fully saturated rings. The van der Waals surface area contributed by atoms with Crippen LogP contribution in [0.3, 0.4) is 0 Å². The van der Waals surface area contributed by atoms with Crippen LogP contribution in [0.1, 0.15) is 70.1 Å². The van der Waals surface area contributed by atoms with Crippen molar-refractivity contribution in [1.29, 1.82) is 0 Å². The molecular formula is C41H54IN3O5. The highest BCUT2D eigenvalue weighted by molar-refractivity contribution is 14.1. The van der Waals surface area contributed by atoms with Crippen LogP contribution >= 0.6 is 22.6 Å². The molecule has 9 heteroatoms. The van der Waals surface area contributed by atoms with E-state index < -0.39 is 24.4 Å². The third-order valence-electron chi connectivity index (χ3n) is 9.87. The molecule has 0 radical (unpaired) electrons. The van der Waals surface area contributed by atoms with E-state index in [1.807, 2.05) is 25.3 Å². The zero-order valence-corrected chi connectivity index (χ0v) is 32.4. The molecule has 2 aliphatic heterocycles. The van der Waals surface area contributed by atoms with Gasteiger partial charge >= 0.3 is 0 Å². The summed E-state index contributed by atoms with van der Waals surface area (Å²) in [4.78, 5) is 19.6. The molecule has 8 nitrogen and oxygen atoms in total. The lowest BCUT2D eigenvalue weighted by Gasteiger charge is -2.37. The Hall–Kier alpha value is -3.09. The van der Waals surface area contributed by atoms with Crippen LogP contribution in [0.2, 0.25) is 0 Å². The molecule has 4 N–H and O–H groups in total. The van der Waals surface area contributed by atoms with Crippen LogP contribution in [0.25, 0.3) is 0 Å². The fourth-order valence-corrected chi connectivity index (χ4v) is 7.88. The van der Waals surface area contributed by atoms with Crippen LogP contribution < -0.4 is 10.2 Å². The molecule has 4 rings (SSSR count). The normalized spacial score (nSPS) is 23.4. The first-order chi connectivity index (χ1) is 23.8. The number of aliphatic imine (C=N–C) groups is 1. The van der Waals surface area contributed by atoms with Crippen molar-refractivity contribution in [2.24, 2.45) is 4.99 Å². The van der Waals surface area contributed by atoms with Gasteiger partial charge in [-0.05, 0) is 77.8 Å². The number of nitrogens with zero attached hydrogens (tertiary/aromatic N) is 2. The molecule has 50 heavy (non-hydrogen) atoms. The van der Waals surface area contributed by atoms with Crippen LogP contribution in [-0.4, -0.2) is 78.1 Å². The quantitative estimate of drug-likeness (QED) is 0.0757. The van der Waals surface area contributed by atoms with E-state index in [1.54, 1.807) is 0 Å². The van der Waals surface area contributed by atoms with E-state index in [9.17, 15) is 20.1 Å². The van der Waals surface area contributed by atoms with Gasteiger partial charge in [0.15, 0.2) is 0 Å². The van der Waals surface area contributed by atoms with Crippen LogP contribution in [0.4, 0.5) is 5.69 Å². The minimum atomic E-state index is -1.24. The number of carbonyl (C=O) groups excluding carboxylic acids is 1. The number of aliphatic hydroxyl groups excluding tert-OH is 3. The number of hydrogen-bond acceptors (Lipinski definition) is 7. The summed E-state index contributed by atoms with van der Waals surface area (Å²) in [5.41, 5.74) is 6.92. The van der Waals surface area contributed by atoms with Gasteiger partial charge in [-0.15, -0.1) is 0 Å². The number of ether oxygens (including phenoxy) is 1. The number of rotatable bonds is 14. The number of amides is 1. The van der Waals surface area contributed by atoms with Crippen LogP contribution in [0.5, 0.6) is 0 Å². The Kier molecular flexibility index (Phi) is 14.2. The number of benzene rings is 2. The summed E-state index contributed by atoms with van der Waals surface area (Å²) < 4.78 is 6.61. The first-order valence-electron chi connectivity index (χ1n) is 17.5. The summed E-state index contributed by atoms with van der Waals surface area (Å²) in [7, 11) is 1.85. The summed E-state index contributed by atoms with van der Waals surface area (Å²) in [6.45, 7) is 11.6. The lowest BCUT2D eigenvalue weighted by molar-refractivity contribution is -0.164. The highest BCUT2D eigenvalue weighted by atomic mass is 127. The number of para-hydroxylation sites is 1. The third kappa shape index (κ3) is 9.41. The fourth-order valence-electron chi connectivity index (χ4n) is 6.87. The van der Waals surface area contributed by atoms with Crippen molar-refractivity contribution in [3.8, 4) is 0 Å². The first-order valence-corrected chi connectivity index (χ1v) is 18.6. The number of carbonyl (C=O) groups is 1. The molecule has 2 heterocycles. The molecule has 2 aromatic carbocycles. The number of unbranched alkanes of at least 4 members (excludes halogenated alkanes) is 2. The molecule has 0 bridgehead atoms. The van der Waals surface area contributed by atoms with Gasteiger partial charge in [0.05, 0.1) is 19.3 Å².